The van der Waals surface area contributed by atoms with Crippen LogP contribution in [0.1, 0.15) is 35.4 Å². The third kappa shape index (κ3) is 2.23. The number of hydrogen-bond donors (Lipinski definition) is 1. The number of halogens is 1. The van der Waals surface area contributed by atoms with Crippen molar-refractivity contribution in [2.24, 2.45) is 5.92 Å². The monoisotopic (exact) mass is 360 g/mol. The van der Waals surface area contributed by atoms with Gasteiger partial charge in [-0.25, -0.2) is 4.39 Å². The molecule has 1 amide bonds. The summed E-state index contributed by atoms with van der Waals surface area (Å²) in [6.45, 7) is 2.35. The Morgan fingerprint density at radius 3 is 2.80 bits per heavy atom. The number of rotatable bonds is 3. The number of benzene rings is 1. The molecule has 132 valence electrons. The molecule has 1 aliphatic carbocycles. The van der Waals surface area contributed by atoms with Gasteiger partial charge in [-0.1, -0.05) is 6.07 Å². The highest BCUT2D eigenvalue weighted by Gasteiger charge is 2.60. The number of piperidine rings is 3. The lowest BCUT2D eigenvalue weighted by Crippen LogP contribution is -2.65. The van der Waals surface area contributed by atoms with Gasteiger partial charge in [0.25, 0.3) is 5.91 Å². The Bertz CT molecular complexity index is 852. The summed E-state index contributed by atoms with van der Waals surface area (Å²) in [5.74, 6) is 0.396. The van der Waals surface area contributed by atoms with E-state index in [0.717, 1.165) is 5.39 Å². The number of ether oxygens (including phenoxy) is 1. The van der Waals surface area contributed by atoms with Gasteiger partial charge < -0.3 is 10.1 Å². The van der Waals surface area contributed by atoms with E-state index in [1.807, 2.05) is 6.07 Å². The summed E-state index contributed by atoms with van der Waals surface area (Å²) < 4.78 is 19.8. The summed E-state index contributed by atoms with van der Waals surface area (Å²) in [5, 5.41) is 4.18. The average molecular weight is 360 g/mol. The van der Waals surface area contributed by atoms with Crippen molar-refractivity contribution in [2.45, 2.75) is 37.3 Å². The summed E-state index contributed by atoms with van der Waals surface area (Å²) in [7, 11) is 1.46. The van der Waals surface area contributed by atoms with E-state index in [1.54, 1.807) is 6.07 Å². The predicted molar refractivity (Wildman–Crippen MR) is 95.9 cm³/mol. The first kappa shape index (κ1) is 15.6. The SMILES string of the molecule is COc1c(F)ccc2cc(C(=O)NC3C4CCN(CC4)C34CC4)sc12. The highest BCUT2D eigenvalue weighted by atomic mass is 32.1. The quantitative estimate of drug-likeness (QED) is 0.912. The van der Waals surface area contributed by atoms with Crippen LogP contribution in [0, 0.1) is 11.7 Å². The summed E-state index contributed by atoms with van der Waals surface area (Å²) in [4.78, 5) is 16.1. The standard InChI is InChI=1S/C19H21FN2O2S/c1-24-15-13(20)3-2-12-10-14(25-16(12)15)18(23)21-17-11-4-8-22(9-5-11)19(17)6-7-19/h2-3,10-11,17H,4-9H2,1H3,(H,21,23). The first-order valence-corrected chi connectivity index (χ1v) is 9.76. The second kappa shape index (κ2) is 5.42. The zero-order valence-corrected chi connectivity index (χ0v) is 15.0. The number of carbonyl (C=O) groups excluding carboxylic acids is 1. The lowest BCUT2D eigenvalue weighted by atomic mass is 9.77. The molecule has 25 heavy (non-hydrogen) atoms. The molecule has 1 aromatic heterocycles. The lowest BCUT2D eigenvalue weighted by molar-refractivity contribution is -0.00138. The molecule has 1 aromatic carbocycles. The van der Waals surface area contributed by atoms with Crippen molar-refractivity contribution in [3.8, 4) is 5.75 Å². The van der Waals surface area contributed by atoms with E-state index in [1.165, 1.54) is 63.3 Å². The van der Waals surface area contributed by atoms with E-state index in [9.17, 15) is 9.18 Å². The summed E-state index contributed by atoms with van der Waals surface area (Å²) in [5.41, 5.74) is 0.220. The molecule has 4 fully saturated rings. The zero-order chi connectivity index (χ0) is 17.2. The van der Waals surface area contributed by atoms with Crippen molar-refractivity contribution in [2.75, 3.05) is 20.2 Å². The Morgan fingerprint density at radius 1 is 1.36 bits per heavy atom. The van der Waals surface area contributed by atoms with Gasteiger partial charge in [0.15, 0.2) is 11.6 Å². The normalized spacial score (nSPS) is 29.1. The van der Waals surface area contributed by atoms with E-state index in [2.05, 4.69) is 10.2 Å². The first-order chi connectivity index (χ1) is 12.1. The van der Waals surface area contributed by atoms with Gasteiger partial charge >= 0.3 is 0 Å². The molecule has 2 bridgehead atoms. The van der Waals surface area contributed by atoms with Crippen molar-refractivity contribution in [3.63, 3.8) is 0 Å². The number of thiophene rings is 1. The Morgan fingerprint density at radius 2 is 2.12 bits per heavy atom. The van der Waals surface area contributed by atoms with Crippen LogP contribution in [0.5, 0.6) is 5.75 Å². The summed E-state index contributed by atoms with van der Waals surface area (Å²) in [6.07, 6.45) is 4.75. The predicted octanol–water partition coefficient (Wildman–Crippen LogP) is 3.41. The van der Waals surface area contributed by atoms with Crippen LogP contribution >= 0.6 is 11.3 Å². The minimum absolute atomic E-state index is 0.0336. The van der Waals surface area contributed by atoms with E-state index < -0.39 is 5.82 Å². The van der Waals surface area contributed by atoms with Crippen molar-refractivity contribution in [1.29, 1.82) is 0 Å². The Labute approximate surface area is 150 Å². The minimum Gasteiger partial charge on any atom is -0.492 e. The van der Waals surface area contributed by atoms with Gasteiger partial charge in [-0.15, -0.1) is 11.3 Å². The number of hydrogen-bond acceptors (Lipinski definition) is 4. The Kier molecular flexibility index (Phi) is 3.38. The van der Waals surface area contributed by atoms with Gasteiger partial charge in [0, 0.05) is 5.54 Å². The fourth-order valence-electron chi connectivity index (χ4n) is 4.89. The largest absolute Gasteiger partial charge is 0.492 e. The van der Waals surface area contributed by atoms with Crippen LogP contribution in [0.3, 0.4) is 0 Å². The minimum atomic E-state index is -0.391. The molecule has 6 rings (SSSR count). The molecule has 3 saturated heterocycles. The molecule has 4 aliphatic rings. The van der Waals surface area contributed by atoms with Crippen molar-refractivity contribution < 1.29 is 13.9 Å². The van der Waals surface area contributed by atoms with Gasteiger partial charge in [-0.2, -0.15) is 0 Å². The summed E-state index contributed by atoms with van der Waals surface area (Å²) in [6, 6.07) is 5.20. The number of fused-ring (bicyclic) bond motifs is 3. The molecule has 1 unspecified atom stereocenters. The zero-order valence-electron chi connectivity index (χ0n) is 14.2. The molecule has 4 nitrogen and oxygen atoms in total. The summed E-state index contributed by atoms with van der Waals surface area (Å²) >= 11 is 1.31. The highest BCUT2D eigenvalue weighted by molar-refractivity contribution is 7.21. The second-order valence-corrected chi connectivity index (χ2v) is 8.54. The topological polar surface area (TPSA) is 41.6 Å². The third-order valence-corrected chi connectivity index (χ3v) is 7.44. The number of carbonyl (C=O) groups is 1. The van der Waals surface area contributed by atoms with Gasteiger partial charge in [-0.05, 0) is 62.2 Å². The molecule has 1 saturated carbocycles. The van der Waals surface area contributed by atoms with E-state index in [4.69, 9.17) is 4.74 Å². The van der Waals surface area contributed by atoms with Crippen LogP contribution in [0.2, 0.25) is 0 Å². The number of amides is 1. The molecule has 3 aliphatic heterocycles. The fraction of sp³-hybridized carbons (Fsp3) is 0.526. The maximum Gasteiger partial charge on any atom is 0.261 e. The Balaban J connectivity index is 1.44. The number of nitrogens with one attached hydrogen (secondary N) is 1. The number of methoxy groups -OCH3 is 1. The molecule has 1 spiro atoms. The molecule has 2 aromatic rings. The molecule has 6 heteroatoms. The van der Waals surface area contributed by atoms with Gasteiger partial charge in [0.1, 0.15) is 0 Å². The van der Waals surface area contributed by atoms with Crippen molar-refractivity contribution in [3.05, 3.63) is 28.9 Å². The molecule has 4 heterocycles. The van der Waals surface area contributed by atoms with E-state index >= 15 is 0 Å². The maximum atomic E-state index is 13.9. The molecule has 0 radical (unpaired) electrons. The van der Waals surface area contributed by atoms with E-state index in [-0.39, 0.29) is 23.2 Å². The fourth-order valence-corrected chi connectivity index (χ4v) is 5.96. The highest BCUT2D eigenvalue weighted by Crippen LogP contribution is 2.53. The second-order valence-electron chi connectivity index (χ2n) is 7.49. The van der Waals surface area contributed by atoms with Crippen LogP contribution < -0.4 is 10.1 Å². The molecular formula is C19H21FN2O2S. The Hall–Kier alpha value is -1.66. The van der Waals surface area contributed by atoms with Gasteiger partial charge in [-0.3, -0.25) is 9.69 Å². The molecular weight excluding hydrogens is 339 g/mol. The molecule has 1 atom stereocenters. The maximum absolute atomic E-state index is 13.9. The first-order valence-electron chi connectivity index (χ1n) is 8.94. The van der Waals surface area contributed by atoms with Gasteiger partial charge in [0.05, 0.1) is 22.7 Å². The third-order valence-electron chi connectivity index (χ3n) is 6.29. The number of nitrogens with zero attached hydrogens (tertiary/aromatic N) is 1. The average Bonchev–Trinajstić information content (AvgIpc) is 3.28. The van der Waals surface area contributed by atoms with Crippen LogP contribution in [-0.2, 0) is 0 Å². The molecule has 1 N–H and O–H groups in total. The van der Waals surface area contributed by atoms with Crippen molar-refractivity contribution >= 4 is 27.3 Å². The van der Waals surface area contributed by atoms with Crippen LogP contribution in [-0.4, -0.2) is 42.6 Å². The van der Waals surface area contributed by atoms with Crippen LogP contribution in [0.25, 0.3) is 10.1 Å². The van der Waals surface area contributed by atoms with Crippen molar-refractivity contribution in [1.82, 2.24) is 10.2 Å². The van der Waals surface area contributed by atoms with Gasteiger partial charge in [0.2, 0.25) is 0 Å². The van der Waals surface area contributed by atoms with Crippen LogP contribution in [0.4, 0.5) is 4.39 Å². The van der Waals surface area contributed by atoms with Crippen LogP contribution in [0.15, 0.2) is 18.2 Å². The lowest BCUT2D eigenvalue weighted by Gasteiger charge is -2.52. The smallest absolute Gasteiger partial charge is 0.261 e. The van der Waals surface area contributed by atoms with E-state index in [0.29, 0.717) is 15.5 Å².